The summed E-state index contributed by atoms with van der Waals surface area (Å²) in [5, 5.41) is 4.56. The molecule has 4 rings (SSSR count). The molecular formula is C21H26N4O3. The molecule has 0 atom stereocenters. The van der Waals surface area contributed by atoms with Crippen molar-refractivity contribution in [3.05, 3.63) is 41.7 Å². The van der Waals surface area contributed by atoms with Crippen molar-refractivity contribution in [3.63, 3.8) is 0 Å². The van der Waals surface area contributed by atoms with Gasteiger partial charge in [0.1, 0.15) is 5.75 Å². The molecule has 0 bridgehead atoms. The Morgan fingerprint density at radius 3 is 2.64 bits per heavy atom. The first-order chi connectivity index (χ1) is 13.7. The lowest BCUT2D eigenvalue weighted by atomic mass is 10.2. The molecule has 1 saturated heterocycles. The Hall–Kier alpha value is -2.83. The molecule has 0 aliphatic carbocycles. The highest BCUT2D eigenvalue weighted by Gasteiger charge is 2.25. The number of carbonyl (C=O) groups is 2. The second kappa shape index (κ2) is 8.04. The van der Waals surface area contributed by atoms with Crippen LogP contribution in [-0.4, -0.2) is 58.1 Å². The molecule has 2 aliphatic rings. The van der Waals surface area contributed by atoms with Crippen LogP contribution in [0.5, 0.6) is 5.75 Å². The minimum atomic E-state index is 0.116. The van der Waals surface area contributed by atoms with Crippen LogP contribution in [0.4, 0.5) is 0 Å². The fourth-order valence-electron chi connectivity index (χ4n) is 4.02. The summed E-state index contributed by atoms with van der Waals surface area (Å²) in [6, 6.07) is 7.84. The summed E-state index contributed by atoms with van der Waals surface area (Å²) in [4.78, 5) is 28.2. The highest BCUT2D eigenvalue weighted by atomic mass is 16.5. The third-order valence-corrected chi connectivity index (χ3v) is 5.59. The number of hydrogen-bond acceptors (Lipinski definition) is 4. The fraction of sp³-hybridized carbons (Fsp3) is 0.476. The Morgan fingerprint density at radius 2 is 1.93 bits per heavy atom. The number of benzene rings is 1. The van der Waals surface area contributed by atoms with Crippen molar-refractivity contribution in [1.82, 2.24) is 19.6 Å². The van der Waals surface area contributed by atoms with E-state index in [1.807, 2.05) is 44.9 Å². The van der Waals surface area contributed by atoms with E-state index < -0.39 is 0 Å². The minimum Gasteiger partial charge on any atom is -0.497 e. The van der Waals surface area contributed by atoms with Crippen LogP contribution in [0.2, 0.25) is 0 Å². The van der Waals surface area contributed by atoms with E-state index >= 15 is 0 Å². The molecule has 1 aromatic heterocycles. The van der Waals surface area contributed by atoms with E-state index in [0.29, 0.717) is 25.9 Å². The van der Waals surface area contributed by atoms with Crippen molar-refractivity contribution in [2.24, 2.45) is 0 Å². The van der Waals surface area contributed by atoms with E-state index in [1.165, 1.54) is 0 Å². The van der Waals surface area contributed by atoms with Gasteiger partial charge < -0.3 is 14.5 Å². The molecule has 2 aliphatic heterocycles. The molecule has 2 amide bonds. The van der Waals surface area contributed by atoms with Crippen LogP contribution in [0.1, 0.15) is 36.9 Å². The van der Waals surface area contributed by atoms with Crippen LogP contribution in [0, 0.1) is 0 Å². The van der Waals surface area contributed by atoms with Gasteiger partial charge in [-0.1, -0.05) is 0 Å². The predicted molar refractivity (Wildman–Crippen MR) is 104 cm³/mol. The zero-order valence-electron chi connectivity index (χ0n) is 16.3. The second-order valence-corrected chi connectivity index (χ2v) is 7.38. The monoisotopic (exact) mass is 382 g/mol. The number of ether oxygens (including phenoxy) is 1. The zero-order valence-corrected chi connectivity index (χ0v) is 16.3. The summed E-state index contributed by atoms with van der Waals surface area (Å²) in [5.41, 5.74) is 3.25. The van der Waals surface area contributed by atoms with Gasteiger partial charge in [0.25, 0.3) is 0 Å². The van der Waals surface area contributed by atoms with Crippen LogP contribution < -0.4 is 4.74 Å². The predicted octanol–water partition coefficient (Wildman–Crippen LogP) is 2.17. The van der Waals surface area contributed by atoms with Crippen molar-refractivity contribution in [2.75, 3.05) is 26.7 Å². The van der Waals surface area contributed by atoms with Crippen molar-refractivity contribution < 1.29 is 14.3 Å². The van der Waals surface area contributed by atoms with Crippen LogP contribution in [0.15, 0.2) is 30.5 Å². The normalized spacial score (nSPS) is 16.8. The molecule has 0 N–H and O–H groups in total. The van der Waals surface area contributed by atoms with E-state index in [2.05, 4.69) is 5.10 Å². The summed E-state index contributed by atoms with van der Waals surface area (Å²) < 4.78 is 7.19. The van der Waals surface area contributed by atoms with Gasteiger partial charge in [-0.3, -0.25) is 9.59 Å². The van der Waals surface area contributed by atoms with Gasteiger partial charge in [0.05, 0.1) is 19.0 Å². The van der Waals surface area contributed by atoms with Crippen molar-refractivity contribution in [2.45, 2.75) is 38.6 Å². The van der Waals surface area contributed by atoms with Crippen LogP contribution in [0.3, 0.4) is 0 Å². The number of likely N-dealkylation sites (tertiary alicyclic amines) is 1. The zero-order chi connectivity index (χ0) is 19.5. The summed E-state index contributed by atoms with van der Waals surface area (Å²) in [5.74, 6) is 1.10. The Bertz CT molecular complexity index is 859. The lowest BCUT2D eigenvalue weighted by Crippen LogP contribution is -2.34. The number of methoxy groups -OCH3 is 1. The largest absolute Gasteiger partial charge is 0.497 e. The van der Waals surface area contributed by atoms with E-state index in [0.717, 1.165) is 55.0 Å². The SMILES string of the molecule is COc1ccc(-n2ncc3c2CCCN(C(=O)CCN2CCCC2=O)C3)cc1. The van der Waals surface area contributed by atoms with Gasteiger partial charge in [0.15, 0.2) is 0 Å². The third kappa shape index (κ3) is 3.74. The summed E-state index contributed by atoms with van der Waals surface area (Å²) in [6.45, 7) is 2.64. The molecule has 1 aromatic carbocycles. The van der Waals surface area contributed by atoms with E-state index in [9.17, 15) is 9.59 Å². The lowest BCUT2D eigenvalue weighted by molar-refractivity contribution is -0.133. The number of carbonyl (C=O) groups excluding carboxylic acids is 2. The molecule has 1 fully saturated rings. The molecule has 0 saturated carbocycles. The minimum absolute atomic E-state index is 0.116. The average Bonchev–Trinajstić information content (AvgIpc) is 3.25. The Morgan fingerprint density at radius 1 is 1.14 bits per heavy atom. The molecule has 7 nitrogen and oxygen atoms in total. The maximum absolute atomic E-state index is 12.7. The first-order valence-electron chi connectivity index (χ1n) is 9.91. The molecule has 7 heteroatoms. The molecule has 0 spiro atoms. The highest BCUT2D eigenvalue weighted by molar-refractivity contribution is 5.80. The van der Waals surface area contributed by atoms with E-state index in [4.69, 9.17) is 4.74 Å². The Labute approximate surface area is 164 Å². The summed E-state index contributed by atoms with van der Waals surface area (Å²) >= 11 is 0. The van der Waals surface area contributed by atoms with E-state index in [-0.39, 0.29) is 11.8 Å². The smallest absolute Gasteiger partial charge is 0.224 e. The molecule has 3 heterocycles. The number of rotatable bonds is 5. The second-order valence-electron chi connectivity index (χ2n) is 7.38. The van der Waals surface area contributed by atoms with Gasteiger partial charge in [-0.2, -0.15) is 5.10 Å². The molecule has 0 unspecified atom stereocenters. The van der Waals surface area contributed by atoms with Crippen molar-refractivity contribution in [3.8, 4) is 11.4 Å². The Kier molecular flexibility index (Phi) is 5.32. The maximum Gasteiger partial charge on any atom is 0.224 e. The van der Waals surface area contributed by atoms with Gasteiger partial charge in [-0.05, 0) is 43.5 Å². The number of fused-ring (bicyclic) bond motifs is 1. The Balaban J connectivity index is 1.44. The molecule has 28 heavy (non-hydrogen) atoms. The molecule has 148 valence electrons. The topological polar surface area (TPSA) is 67.7 Å². The average molecular weight is 382 g/mol. The van der Waals surface area contributed by atoms with Gasteiger partial charge >= 0.3 is 0 Å². The summed E-state index contributed by atoms with van der Waals surface area (Å²) in [7, 11) is 1.65. The quantitative estimate of drug-likeness (QED) is 0.795. The first-order valence-corrected chi connectivity index (χ1v) is 9.91. The molecule has 0 radical (unpaired) electrons. The standard InChI is InChI=1S/C21H26N4O3/c1-28-18-8-6-17(7-9-18)25-19-4-2-12-24(15-16(19)14-22-25)21(27)10-13-23-11-3-5-20(23)26/h6-9,14H,2-5,10-13,15H2,1H3. The lowest BCUT2D eigenvalue weighted by Gasteiger charge is -2.22. The molecular weight excluding hydrogens is 356 g/mol. The van der Waals surface area contributed by atoms with Crippen LogP contribution in [-0.2, 0) is 22.6 Å². The first kappa shape index (κ1) is 18.5. The van der Waals surface area contributed by atoms with Crippen molar-refractivity contribution >= 4 is 11.8 Å². The number of amides is 2. The third-order valence-electron chi connectivity index (χ3n) is 5.59. The van der Waals surface area contributed by atoms with Gasteiger partial charge in [0, 0.05) is 50.3 Å². The number of hydrogen-bond donors (Lipinski definition) is 0. The van der Waals surface area contributed by atoms with Gasteiger partial charge in [0.2, 0.25) is 11.8 Å². The molecule has 2 aromatic rings. The fourth-order valence-corrected chi connectivity index (χ4v) is 4.02. The van der Waals surface area contributed by atoms with Gasteiger partial charge in [-0.25, -0.2) is 4.68 Å². The number of aromatic nitrogens is 2. The van der Waals surface area contributed by atoms with Crippen LogP contribution in [0.25, 0.3) is 5.69 Å². The van der Waals surface area contributed by atoms with E-state index in [1.54, 1.807) is 7.11 Å². The highest BCUT2D eigenvalue weighted by Crippen LogP contribution is 2.23. The summed E-state index contributed by atoms with van der Waals surface area (Å²) in [6.07, 6.45) is 5.58. The maximum atomic E-state index is 12.7. The van der Waals surface area contributed by atoms with Crippen LogP contribution >= 0.6 is 0 Å². The van der Waals surface area contributed by atoms with Gasteiger partial charge in [-0.15, -0.1) is 0 Å². The number of nitrogens with zero attached hydrogens (tertiary/aromatic N) is 4. The van der Waals surface area contributed by atoms with Crippen molar-refractivity contribution in [1.29, 1.82) is 0 Å².